The van der Waals surface area contributed by atoms with Crippen LogP contribution in [0.1, 0.15) is 18.4 Å². The molecule has 1 aromatic heterocycles. The third kappa shape index (κ3) is 13.6. The van der Waals surface area contributed by atoms with Crippen LogP contribution in [0.2, 0.25) is 0 Å². The number of anilines is 2. The second-order valence-electron chi connectivity index (χ2n) is 10.6. The Balaban J connectivity index is 0.00000756. The number of benzene rings is 3. The summed E-state index contributed by atoms with van der Waals surface area (Å²) in [4.78, 5) is 11.7. The predicted octanol–water partition coefficient (Wildman–Crippen LogP) is 1.40. The molecule has 3 aromatic carbocycles. The maximum Gasteiger partial charge on any atom is 1.00 e. The Morgan fingerprint density at radius 2 is 1.40 bits per heavy atom. The number of ether oxygens (including phenoxy) is 1. The zero-order valence-corrected chi connectivity index (χ0v) is 34.8. The molecule has 282 valence electrons. The average Bonchev–Trinajstić information content (AvgIpc) is 3.02. The molecule has 0 amide bonds. The van der Waals surface area contributed by atoms with Gasteiger partial charge in [-0.15, -0.1) is 0 Å². The summed E-state index contributed by atoms with van der Waals surface area (Å²) in [7, 11) is -16.9. The van der Waals surface area contributed by atoms with Crippen LogP contribution in [-0.4, -0.2) is 97.0 Å². The van der Waals surface area contributed by atoms with Gasteiger partial charge >= 0.3 is 29.6 Å². The van der Waals surface area contributed by atoms with Crippen LogP contribution in [0, 0.1) is 6.92 Å². The van der Waals surface area contributed by atoms with Gasteiger partial charge in [0, 0.05) is 34.1 Å². The molecule has 0 saturated carbocycles. The largest absolute Gasteiger partial charge is 1.00 e. The van der Waals surface area contributed by atoms with Crippen LogP contribution in [0.3, 0.4) is 0 Å². The SMILES string of the molecule is COc1cc(N=Nc2cc(S(=O)(=O)O)c3cccc(S(=O)(=O)O)c3c2)c(C)cc1Nc1nc(SCCCS(=O)(=O)[O-])nc(SCCCS(=O)(=O)O)n1.[Na+]. The van der Waals surface area contributed by atoms with Crippen molar-refractivity contribution in [3.8, 4) is 5.75 Å². The molecule has 0 aliphatic heterocycles. The Bertz CT molecular complexity index is 2410. The normalized spacial score (nSPS) is 12.6. The van der Waals surface area contributed by atoms with E-state index in [2.05, 4.69) is 30.5 Å². The number of fused-ring (bicyclic) bond motifs is 1. The predicted molar refractivity (Wildman–Crippen MR) is 190 cm³/mol. The molecule has 0 atom stereocenters. The molecule has 53 heavy (non-hydrogen) atoms. The van der Waals surface area contributed by atoms with E-state index in [0.717, 1.165) is 35.7 Å². The van der Waals surface area contributed by atoms with Gasteiger partial charge in [-0.25, -0.2) is 8.42 Å². The minimum atomic E-state index is -4.88. The number of rotatable bonds is 17. The Hall–Kier alpha value is -2.53. The zero-order valence-electron chi connectivity index (χ0n) is 27.9. The van der Waals surface area contributed by atoms with Crippen LogP contribution in [0.25, 0.3) is 10.8 Å². The molecule has 19 nitrogen and oxygen atoms in total. The number of hydrogen-bond acceptors (Lipinski definition) is 18. The fourth-order valence-electron chi connectivity index (χ4n) is 4.42. The molecule has 4 N–H and O–H groups in total. The number of hydrogen-bond donors (Lipinski definition) is 4. The van der Waals surface area contributed by atoms with Crippen molar-refractivity contribution >= 4 is 97.8 Å². The molecule has 4 rings (SSSR count). The number of methoxy groups -OCH3 is 1. The number of nitrogens with one attached hydrogen (secondary N) is 1. The van der Waals surface area contributed by atoms with Gasteiger partial charge in [-0.05, 0) is 49.6 Å². The van der Waals surface area contributed by atoms with E-state index in [1.807, 2.05) is 0 Å². The van der Waals surface area contributed by atoms with Gasteiger partial charge in [0.05, 0.1) is 40.0 Å². The van der Waals surface area contributed by atoms with E-state index in [1.165, 1.54) is 31.4 Å². The molecule has 0 fully saturated rings. The summed E-state index contributed by atoms with van der Waals surface area (Å²) in [6.07, 6.45) is 0.117. The number of thioether (sulfide) groups is 2. The van der Waals surface area contributed by atoms with Crippen LogP contribution in [0.15, 0.2) is 72.8 Å². The molecule has 0 aliphatic carbocycles. The number of aromatic nitrogens is 3. The molecule has 0 saturated heterocycles. The number of aryl methyl sites for hydroxylation is 1. The first-order chi connectivity index (χ1) is 24.1. The van der Waals surface area contributed by atoms with E-state index in [1.54, 1.807) is 13.0 Å². The van der Waals surface area contributed by atoms with Crippen molar-refractivity contribution in [2.45, 2.75) is 39.9 Å². The first-order valence-electron chi connectivity index (χ1n) is 14.4. The van der Waals surface area contributed by atoms with Crippen molar-refractivity contribution in [3.63, 3.8) is 0 Å². The topological polar surface area (TPSA) is 305 Å². The molecule has 1 heterocycles. The molecule has 0 aliphatic rings. The quantitative estimate of drug-likeness (QED) is 0.0383. The maximum absolute atomic E-state index is 12.2. The third-order valence-electron chi connectivity index (χ3n) is 6.64. The third-order valence-corrected chi connectivity index (χ3v) is 11.9. The fraction of sp³-hybridized carbons (Fsp3) is 0.296. The van der Waals surface area contributed by atoms with E-state index in [9.17, 15) is 47.3 Å². The van der Waals surface area contributed by atoms with Gasteiger partial charge < -0.3 is 14.6 Å². The first kappa shape index (κ1) is 44.9. The molecule has 26 heteroatoms. The summed E-state index contributed by atoms with van der Waals surface area (Å²) in [5, 5.41) is 11.1. The van der Waals surface area contributed by atoms with E-state index in [4.69, 9.17) is 9.29 Å². The zero-order chi connectivity index (χ0) is 38.5. The summed E-state index contributed by atoms with van der Waals surface area (Å²) >= 11 is 2.13. The summed E-state index contributed by atoms with van der Waals surface area (Å²) in [5.41, 5.74) is 0.859. The van der Waals surface area contributed by atoms with Crippen molar-refractivity contribution in [1.29, 1.82) is 0 Å². The van der Waals surface area contributed by atoms with E-state index in [-0.39, 0.29) is 98.1 Å². The smallest absolute Gasteiger partial charge is 0.748 e. The van der Waals surface area contributed by atoms with Crippen LogP contribution >= 0.6 is 23.5 Å². The Labute approximate surface area is 335 Å². The van der Waals surface area contributed by atoms with Gasteiger partial charge in [0.15, 0.2) is 10.3 Å². The van der Waals surface area contributed by atoms with Gasteiger partial charge in [0.1, 0.15) is 15.5 Å². The van der Waals surface area contributed by atoms with Gasteiger partial charge in [-0.2, -0.15) is 50.4 Å². The molecular weight excluding hydrogens is 832 g/mol. The molecule has 0 spiro atoms. The second kappa shape index (κ2) is 18.4. The standard InChI is InChI=1S/C27H30N6O13S6.Na/c1-16-12-21(28-25-29-26(47-8-4-10-49(34,35)36)31-27(30-25)48-9-5-11-50(37,38)39)22(46-2)15-20(16)33-32-17-13-19-18(24(14-17)52(43,44)45)6-3-7-23(19)51(40,41)42;/h3,6-7,12-15H,4-5,8-11H2,1-2H3,(H,34,35,36)(H,37,38,39)(H,40,41,42)(H,43,44,45)(H,28,29,30,31);/q;+1/p-1. The van der Waals surface area contributed by atoms with Gasteiger partial charge in [-0.3, -0.25) is 13.7 Å². The monoisotopic (exact) mass is 860 g/mol. The Morgan fingerprint density at radius 1 is 0.792 bits per heavy atom. The van der Waals surface area contributed by atoms with Gasteiger partial charge in [0.25, 0.3) is 30.4 Å². The maximum atomic E-state index is 12.2. The Kier molecular flexibility index (Phi) is 15.6. The van der Waals surface area contributed by atoms with Crippen molar-refractivity contribution in [2.75, 3.05) is 35.4 Å². The molecular formula is C27H29N6NaO13S6. The van der Waals surface area contributed by atoms with Crippen LogP contribution in [0.5, 0.6) is 5.75 Å². The minimum absolute atomic E-state index is 0. The second-order valence-corrected chi connectivity index (χ2v) is 18.6. The molecule has 0 bridgehead atoms. The summed E-state index contributed by atoms with van der Waals surface area (Å²) in [6, 6.07) is 8.69. The summed E-state index contributed by atoms with van der Waals surface area (Å²) in [6.45, 7) is 1.65. The molecule has 4 aromatic rings. The molecule has 0 radical (unpaired) electrons. The van der Waals surface area contributed by atoms with Gasteiger partial charge in [-0.1, -0.05) is 35.7 Å². The Morgan fingerprint density at radius 3 is 1.94 bits per heavy atom. The molecule has 0 unspecified atom stereocenters. The van der Waals surface area contributed by atoms with Crippen molar-refractivity contribution < 1.29 is 86.2 Å². The minimum Gasteiger partial charge on any atom is -0.748 e. The average molecular weight is 861 g/mol. The fourth-order valence-corrected chi connectivity index (χ4v) is 8.82. The first-order valence-corrected chi connectivity index (χ1v) is 22.5. The number of azo groups is 1. The van der Waals surface area contributed by atoms with Crippen LogP contribution in [0.4, 0.5) is 23.0 Å². The van der Waals surface area contributed by atoms with E-state index >= 15 is 0 Å². The summed E-state index contributed by atoms with van der Waals surface area (Å²) in [5.74, 6) is -0.452. The van der Waals surface area contributed by atoms with Gasteiger partial charge in [0.2, 0.25) is 5.95 Å². The summed E-state index contributed by atoms with van der Waals surface area (Å²) < 4.78 is 137. The van der Waals surface area contributed by atoms with Crippen LogP contribution in [-0.2, 0) is 40.5 Å². The van der Waals surface area contributed by atoms with Crippen molar-refractivity contribution in [3.05, 3.63) is 48.0 Å². The van der Waals surface area contributed by atoms with Crippen molar-refractivity contribution in [2.24, 2.45) is 10.2 Å². The van der Waals surface area contributed by atoms with E-state index < -0.39 is 61.8 Å². The van der Waals surface area contributed by atoms with E-state index in [0.29, 0.717) is 11.3 Å². The number of nitrogens with zero attached hydrogens (tertiary/aromatic N) is 5. The van der Waals surface area contributed by atoms with Crippen LogP contribution < -0.4 is 39.6 Å². The van der Waals surface area contributed by atoms with Crippen molar-refractivity contribution in [1.82, 2.24) is 15.0 Å².